The Morgan fingerprint density at radius 3 is 2.50 bits per heavy atom. The van der Waals surface area contributed by atoms with E-state index >= 15 is 0 Å². The van der Waals surface area contributed by atoms with Gasteiger partial charge in [0.05, 0.1) is 0 Å². The topological polar surface area (TPSA) is 29.1 Å². The highest BCUT2D eigenvalue weighted by molar-refractivity contribution is 5.46. The van der Waals surface area contributed by atoms with E-state index < -0.39 is 0 Å². The summed E-state index contributed by atoms with van der Waals surface area (Å²) in [5.41, 5.74) is 2.55. The number of hydrogen-bond acceptors (Lipinski definition) is 1. The molecular formula is C12H17NO. The second kappa shape index (κ2) is 5.43. The van der Waals surface area contributed by atoms with Gasteiger partial charge in [0, 0.05) is 6.54 Å². The lowest BCUT2D eigenvalue weighted by Crippen LogP contribution is -2.12. The van der Waals surface area contributed by atoms with Gasteiger partial charge in [-0.3, -0.25) is 4.79 Å². The number of nitrogens with one attached hydrogen (secondary N) is 1. The summed E-state index contributed by atoms with van der Waals surface area (Å²) in [4.78, 5) is 10.2. The van der Waals surface area contributed by atoms with Crippen LogP contribution in [0.3, 0.4) is 0 Å². The molecule has 0 aromatic heterocycles. The summed E-state index contributed by atoms with van der Waals surface area (Å²) in [7, 11) is 0. The largest absolute Gasteiger partial charge is 0.355 e. The van der Waals surface area contributed by atoms with Crippen molar-refractivity contribution < 1.29 is 4.79 Å². The fourth-order valence-corrected chi connectivity index (χ4v) is 1.52. The molecule has 0 bridgehead atoms. The smallest absolute Gasteiger partial charge is 0.207 e. The molecule has 0 saturated heterocycles. The molecule has 1 N–H and O–H groups in total. The van der Waals surface area contributed by atoms with Gasteiger partial charge in [-0.2, -0.15) is 0 Å². The maximum absolute atomic E-state index is 10.2. The van der Waals surface area contributed by atoms with E-state index in [9.17, 15) is 4.79 Å². The van der Waals surface area contributed by atoms with E-state index in [2.05, 4.69) is 31.3 Å². The molecule has 0 aliphatic carbocycles. The fraction of sp³-hybridized carbons (Fsp3) is 0.417. The maximum Gasteiger partial charge on any atom is 0.207 e. The lowest BCUT2D eigenvalue weighted by atomic mass is 9.98. The molecule has 0 unspecified atom stereocenters. The molecule has 0 fully saturated rings. The molecule has 1 aromatic carbocycles. The van der Waals surface area contributed by atoms with E-state index in [0.717, 1.165) is 12.8 Å². The molecule has 1 rings (SSSR count). The molecule has 0 atom stereocenters. The first-order valence-electron chi connectivity index (χ1n) is 4.98. The lowest BCUT2D eigenvalue weighted by Gasteiger charge is -2.10. The van der Waals surface area contributed by atoms with Crippen LogP contribution in [0.15, 0.2) is 24.3 Å². The van der Waals surface area contributed by atoms with Gasteiger partial charge in [-0.25, -0.2) is 0 Å². The number of amides is 1. The molecule has 2 heteroatoms. The Morgan fingerprint density at radius 1 is 1.29 bits per heavy atom. The summed E-state index contributed by atoms with van der Waals surface area (Å²) in [6.45, 7) is 5.03. The van der Waals surface area contributed by atoms with Gasteiger partial charge in [-0.05, 0) is 23.5 Å². The van der Waals surface area contributed by atoms with Crippen LogP contribution in [0, 0.1) is 5.92 Å². The van der Waals surface area contributed by atoms with E-state index in [-0.39, 0.29) is 0 Å². The first-order valence-corrected chi connectivity index (χ1v) is 4.98. The van der Waals surface area contributed by atoms with Crippen molar-refractivity contribution in [2.75, 3.05) is 0 Å². The Bertz CT molecular complexity index is 294. The van der Waals surface area contributed by atoms with Crippen LogP contribution in [-0.2, 0) is 17.8 Å². The van der Waals surface area contributed by atoms with Gasteiger partial charge in [0.25, 0.3) is 0 Å². The van der Waals surface area contributed by atoms with E-state index in [1.165, 1.54) is 11.1 Å². The van der Waals surface area contributed by atoms with Crippen molar-refractivity contribution in [3.8, 4) is 0 Å². The number of carbonyl (C=O) groups excluding carboxylic acids is 1. The van der Waals surface area contributed by atoms with Crippen LogP contribution in [-0.4, -0.2) is 6.41 Å². The predicted octanol–water partition coefficient (Wildman–Crippen LogP) is 2.13. The second-order valence-corrected chi connectivity index (χ2v) is 3.87. The molecule has 0 heterocycles. The van der Waals surface area contributed by atoms with Gasteiger partial charge in [0.15, 0.2) is 0 Å². The predicted molar refractivity (Wildman–Crippen MR) is 57.9 cm³/mol. The molecule has 0 spiro atoms. The van der Waals surface area contributed by atoms with Crippen molar-refractivity contribution in [2.24, 2.45) is 5.92 Å². The molecule has 76 valence electrons. The number of benzene rings is 1. The standard InChI is InChI=1S/C12H17NO/c1-10(2)7-11-5-3-4-6-12(11)8-13-9-14/h3-6,9-10H,7-8H2,1-2H3,(H,13,14). The van der Waals surface area contributed by atoms with Gasteiger partial charge in [-0.1, -0.05) is 38.1 Å². The third kappa shape index (κ3) is 3.21. The molecule has 0 saturated carbocycles. The molecule has 1 aromatic rings. The molecule has 0 radical (unpaired) electrons. The normalized spacial score (nSPS) is 10.2. The Morgan fingerprint density at radius 2 is 1.93 bits per heavy atom. The SMILES string of the molecule is CC(C)Cc1ccccc1CNC=O. The van der Waals surface area contributed by atoms with Crippen LogP contribution in [0.25, 0.3) is 0 Å². The van der Waals surface area contributed by atoms with Gasteiger partial charge in [0.1, 0.15) is 0 Å². The highest BCUT2D eigenvalue weighted by atomic mass is 16.1. The van der Waals surface area contributed by atoms with Crippen molar-refractivity contribution in [2.45, 2.75) is 26.8 Å². The van der Waals surface area contributed by atoms with E-state index in [1.807, 2.05) is 12.1 Å². The van der Waals surface area contributed by atoms with Crippen molar-refractivity contribution in [1.29, 1.82) is 0 Å². The quantitative estimate of drug-likeness (QED) is 0.710. The summed E-state index contributed by atoms with van der Waals surface area (Å²) < 4.78 is 0. The minimum atomic E-state index is 0.631. The first-order chi connectivity index (χ1) is 6.74. The average molecular weight is 191 g/mol. The van der Waals surface area contributed by atoms with Crippen molar-refractivity contribution >= 4 is 6.41 Å². The van der Waals surface area contributed by atoms with E-state index in [1.54, 1.807) is 0 Å². The lowest BCUT2D eigenvalue weighted by molar-refractivity contribution is -0.109. The van der Waals surface area contributed by atoms with Crippen LogP contribution in [0.2, 0.25) is 0 Å². The molecular weight excluding hydrogens is 174 g/mol. The maximum atomic E-state index is 10.2. The first kappa shape index (κ1) is 10.8. The third-order valence-electron chi connectivity index (χ3n) is 2.12. The third-order valence-corrected chi connectivity index (χ3v) is 2.12. The van der Waals surface area contributed by atoms with Crippen LogP contribution in [0.4, 0.5) is 0 Å². The van der Waals surface area contributed by atoms with Crippen LogP contribution in [0.1, 0.15) is 25.0 Å². The zero-order chi connectivity index (χ0) is 10.4. The minimum absolute atomic E-state index is 0.631. The fourth-order valence-electron chi connectivity index (χ4n) is 1.52. The molecule has 0 aliphatic rings. The number of rotatable bonds is 5. The number of carbonyl (C=O) groups is 1. The van der Waals surface area contributed by atoms with Crippen molar-refractivity contribution in [3.05, 3.63) is 35.4 Å². The van der Waals surface area contributed by atoms with E-state index in [0.29, 0.717) is 12.5 Å². The number of hydrogen-bond donors (Lipinski definition) is 1. The molecule has 14 heavy (non-hydrogen) atoms. The van der Waals surface area contributed by atoms with Crippen LogP contribution < -0.4 is 5.32 Å². The van der Waals surface area contributed by atoms with E-state index in [4.69, 9.17) is 0 Å². The van der Waals surface area contributed by atoms with Gasteiger partial charge < -0.3 is 5.32 Å². The monoisotopic (exact) mass is 191 g/mol. The Kier molecular flexibility index (Phi) is 4.17. The summed E-state index contributed by atoms with van der Waals surface area (Å²) in [5, 5.41) is 2.70. The van der Waals surface area contributed by atoms with Gasteiger partial charge >= 0.3 is 0 Å². The summed E-state index contributed by atoms with van der Waals surface area (Å²) in [6.07, 6.45) is 1.81. The second-order valence-electron chi connectivity index (χ2n) is 3.87. The highest BCUT2D eigenvalue weighted by Crippen LogP contribution is 2.13. The van der Waals surface area contributed by atoms with Crippen LogP contribution >= 0.6 is 0 Å². The molecule has 0 aliphatic heterocycles. The van der Waals surface area contributed by atoms with Gasteiger partial charge in [-0.15, -0.1) is 0 Å². The zero-order valence-electron chi connectivity index (χ0n) is 8.79. The minimum Gasteiger partial charge on any atom is -0.355 e. The summed E-state index contributed by atoms with van der Waals surface area (Å²) in [6, 6.07) is 8.24. The Hall–Kier alpha value is -1.31. The summed E-state index contributed by atoms with van der Waals surface area (Å²) in [5.74, 6) is 0.646. The van der Waals surface area contributed by atoms with Crippen LogP contribution in [0.5, 0.6) is 0 Å². The zero-order valence-corrected chi connectivity index (χ0v) is 8.79. The average Bonchev–Trinajstić information content (AvgIpc) is 2.16. The summed E-state index contributed by atoms with van der Waals surface area (Å²) >= 11 is 0. The van der Waals surface area contributed by atoms with Crippen molar-refractivity contribution in [1.82, 2.24) is 5.32 Å². The molecule has 2 nitrogen and oxygen atoms in total. The van der Waals surface area contributed by atoms with Crippen molar-refractivity contribution in [3.63, 3.8) is 0 Å². The highest BCUT2D eigenvalue weighted by Gasteiger charge is 2.02. The Labute approximate surface area is 85.3 Å². The van der Waals surface area contributed by atoms with Gasteiger partial charge in [0.2, 0.25) is 6.41 Å². The molecule has 1 amide bonds. The Balaban J connectivity index is 2.74.